The van der Waals surface area contributed by atoms with Crippen LogP contribution < -0.4 is 4.90 Å². The lowest BCUT2D eigenvalue weighted by atomic mass is 10.1. The molecule has 0 N–H and O–H groups in total. The van der Waals surface area contributed by atoms with Gasteiger partial charge < -0.3 is 9.42 Å². The van der Waals surface area contributed by atoms with Crippen LogP contribution in [0.3, 0.4) is 0 Å². The summed E-state index contributed by atoms with van der Waals surface area (Å²) >= 11 is 6.03. The van der Waals surface area contributed by atoms with Gasteiger partial charge in [0, 0.05) is 29.2 Å². The van der Waals surface area contributed by atoms with Gasteiger partial charge in [0.05, 0.1) is 5.92 Å². The molecule has 2 heterocycles. The van der Waals surface area contributed by atoms with Crippen LogP contribution in [0.1, 0.15) is 36.3 Å². The lowest BCUT2D eigenvalue weighted by Crippen LogP contribution is -2.25. The van der Waals surface area contributed by atoms with Crippen LogP contribution in [-0.2, 0) is 11.2 Å². The lowest BCUT2D eigenvalue weighted by Gasteiger charge is -2.18. The number of halogens is 1. The number of aryl methyl sites for hydroxylation is 2. The first-order valence-corrected chi connectivity index (χ1v) is 9.42. The fourth-order valence-electron chi connectivity index (χ4n) is 3.44. The van der Waals surface area contributed by atoms with Crippen molar-refractivity contribution in [2.45, 2.75) is 32.6 Å². The van der Waals surface area contributed by atoms with Crippen LogP contribution in [0.25, 0.3) is 11.4 Å². The Hall–Kier alpha value is -2.66. The van der Waals surface area contributed by atoms with Crippen LogP contribution in [0.2, 0.25) is 5.02 Å². The van der Waals surface area contributed by atoms with E-state index in [4.69, 9.17) is 16.1 Å². The van der Waals surface area contributed by atoms with Crippen molar-refractivity contribution in [1.29, 1.82) is 0 Å². The predicted octanol–water partition coefficient (Wildman–Crippen LogP) is 4.78. The fourth-order valence-corrected chi connectivity index (χ4v) is 3.66. The lowest BCUT2D eigenvalue weighted by molar-refractivity contribution is -0.117. The quantitative estimate of drug-likeness (QED) is 0.652. The molecular weight excluding hydrogens is 362 g/mol. The summed E-state index contributed by atoms with van der Waals surface area (Å²) in [5.41, 5.74) is 4.02. The number of anilines is 1. The van der Waals surface area contributed by atoms with Gasteiger partial charge in [-0.2, -0.15) is 4.98 Å². The van der Waals surface area contributed by atoms with Gasteiger partial charge in [-0.3, -0.25) is 4.79 Å². The van der Waals surface area contributed by atoms with Gasteiger partial charge in [0.1, 0.15) is 0 Å². The molecule has 1 aliphatic heterocycles. The minimum atomic E-state index is -0.108. The second-order valence-corrected chi connectivity index (χ2v) is 7.28. The number of hydrogen-bond donors (Lipinski definition) is 0. The smallest absolute Gasteiger partial charge is 0.232 e. The van der Waals surface area contributed by atoms with E-state index in [1.807, 2.05) is 31.2 Å². The van der Waals surface area contributed by atoms with Crippen molar-refractivity contribution >= 4 is 23.2 Å². The number of carbonyl (C=O) groups excluding carboxylic acids is 1. The van der Waals surface area contributed by atoms with Crippen molar-refractivity contribution < 1.29 is 9.32 Å². The summed E-state index contributed by atoms with van der Waals surface area (Å²) in [6.45, 7) is 4.59. The zero-order valence-corrected chi connectivity index (χ0v) is 16.0. The van der Waals surface area contributed by atoms with Crippen molar-refractivity contribution in [3.8, 4) is 11.4 Å². The van der Waals surface area contributed by atoms with Crippen LogP contribution in [0.5, 0.6) is 0 Å². The van der Waals surface area contributed by atoms with Gasteiger partial charge in [-0.1, -0.05) is 47.9 Å². The third-order valence-electron chi connectivity index (χ3n) is 4.99. The zero-order valence-electron chi connectivity index (χ0n) is 15.3. The monoisotopic (exact) mass is 381 g/mol. The molecule has 1 saturated heterocycles. The van der Waals surface area contributed by atoms with Gasteiger partial charge >= 0.3 is 0 Å². The van der Waals surface area contributed by atoms with E-state index in [9.17, 15) is 4.79 Å². The normalized spacial score (nSPS) is 16.9. The first kappa shape index (κ1) is 17.7. The highest BCUT2D eigenvalue weighted by atomic mass is 35.5. The van der Waals surface area contributed by atoms with Gasteiger partial charge in [-0.25, -0.2) is 0 Å². The van der Waals surface area contributed by atoms with Crippen molar-refractivity contribution in [1.82, 2.24) is 10.1 Å². The van der Waals surface area contributed by atoms with Crippen molar-refractivity contribution in [3.63, 3.8) is 0 Å². The number of amides is 1. The minimum absolute atomic E-state index is 0.0532. The summed E-state index contributed by atoms with van der Waals surface area (Å²) in [5, 5.41) is 4.77. The molecule has 0 spiro atoms. The molecule has 5 nitrogen and oxygen atoms in total. The van der Waals surface area contributed by atoms with Crippen LogP contribution in [0.4, 0.5) is 5.69 Å². The summed E-state index contributed by atoms with van der Waals surface area (Å²) < 4.78 is 5.48. The molecule has 0 radical (unpaired) electrons. The second-order valence-electron chi connectivity index (χ2n) is 6.84. The van der Waals surface area contributed by atoms with E-state index in [1.54, 1.807) is 11.0 Å². The maximum atomic E-state index is 12.5. The van der Waals surface area contributed by atoms with Crippen LogP contribution in [-0.4, -0.2) is 22.6 Å². The molecule has 27 heavy (non-hydrogen) atoms. The Bertz CT molecular complexity index is 981. The predicted molar refractivity (Wildman–Crippen MR) is 105 cm³/mol. The molecule has 0 saturated carbocycles. The standard InChI is InChI=1S/C21H20ClN3O2/c1-3-14-4-6-15(7-5-14)20-23-21(27-24-20)16-11-19(26)25(12-16)18-9-8-17(22)10-13(18)2/h4-10,16H,3,11-12H2,1-2H3. The molecule has 0 bridgehead atoms. The third kappa shape index (κ3) is 3.47. The number of benzene rings is 2. The molecule has 1 fully saturated rings. The molecule has 6 heteroatoms. The first-order valence-electron chi connectivity index (χ1n) is 9.04. The highest BCUT2D eigenvalue weighted by Gasteiger charge is 2.35. The number of rotatable bonds is 4. The average molecular weight is 382 g/mol. The molecule has 1 atom stereocenters. The van der Waals surface area contributed by atoms with E-state index in [2.05, 4.69) is 29.2 Å². The van der Waals surface area contributed by atoms with Crippen LogP contribution >= 0.6 is 11.6 Å². The Morgan fingerprint density at radius 3 is 2.70 bits per heavy atom. The molecule has 3 aromatic rings. The fraction of sp³-hybridized carbons (Fsp3) is 0.286. The van der Waals surface area contributed by atoms with Gasteiger partial charge in [-0.05, 0) is 42.7 Å². The largest absolute Gasteiger partial charge is 0.339 e. The molecule has 0 aliphatic carbocycles. The molecular formula is C21H20ClN3O2. The van der Waals surface area contributed by atoms with Crippen molar-refractivity contribution in [2.75, 3.05) is 11.4 Å². The summed E-state index contributed by atoms with van der Waals surface area (Å²) in [5.74, 6) is 1.01. The summed E-state index contributed by atoms with van der Waals surface area (Å²) in [4.78, 5) is 18.9. The minimum Gasteiger partial charge on any atom is -0.339 e. The number of carbonyl (C=O) groups is 1. The molecule has 1 aromatic heterocycles. The first-order chi connectivity index (χ1) is 13.0. The molecule has 1 amide bonds. The van der Waals surface area contributed by atoms with Gasteiger partial charge in [-0.15, -0.1) is 0 Å². The number of hydrogen-bond acceptors (Lipinski definition) is 4. The highest BCUT2D eigenvalue weighted by Crippen LogP contribution is 2.34. The molecule has 138 valence electrons. The van der Waals surface area contributed by atoms with Crippen molar-refractivity contribution in [2.24, 2.45) is 0 Å². The Morgan fingerprint density at radius 2 is 2.00 bits per heavy atom. The Labute approximate surface area is 163 Å². The van der Waals surface area contributed by atoms with Crippen LogP contribution in [0.15, 0.2) is 47.0 Å². The van der Waals surface area contributed by atoms with Gasteiger partial charge in [0.25, 0.3) is 0 Å². The summed E-state index contributed by atoms with van der Waals surface area (Å²) in [6.07, 6.45) is 1.35. The molecule has 1 unspecified atom stereocenters. The van der Waals surface area contributed by atoms with Gasteiger partial charge in [0.15, 0.2) is 0 Å². The van der Waals surface area contributed by atoms with Crippen LogP contribution in [0, 0.1) is 6.92 Å². The average Bonchev–Trinajstić information content (AvgIpc) is 3.29. The Kier molecular flexibility index (Phi) is 4.70. The van der Waals surface area contributed by atoms with Gasteiger partial charge in [0.2, 0.25) is 17.6 Å². The van der Waals surface area contributed by atoms with E-state index < -0.39 is 0 Å². The summed E-state index contributed by atoms with van der Waals surface area (Å²) in [6, 6.07) is 13.7. The number of nitrogens with zero attached hydrogens (tertiary/aromatic N) is 3. The number of aromatic nitrogens is 2. The van der Waals surface area contributed by atoms with E-state index in [1.165, 1.54) is 5.56 Å². The second kappa shape index (κ2) is 7.16. The zero-order chi connectivity index (χ0) is 19.0. The van der Waals surface area contributed by atoms with E-state index >= 15 is 0 Å². The SMILES string of the molecule is CCc1ccc(-c2noc(C3CC(=O)N(c4ccc(Cl)cc4C)C3)n2)cc1. The third-order valence-corrected chi connectivity index (χ3v) is 5.22. The molecule has 4 rings (SSSR count). The highest BCUT2D eigenvalue weighted by molar-refractivity contribution is 6.30. The Morgan fingerprint density at radius 1 is 1.22 bits per heavy atom. The maximum absolute atomic E-state index is 12.5. The van der Waals surface area contributed by atoms with E-state index in [0.717, 1.165) is 23.2 Å². The maximum Gasteiger partial charge on any atom is 0.232 e. The van der Waals surface area contributed by atoms with E-state index in [-0.39, 0.29) is 11.8 Å². The Balaban J connectivity index is 1.54. The molecule has 1 aliphatic rings. The topological polar surface area (TPSA) is 59.2 Å². The summed E-state index contributed by atoms with van der Waals surface area (Å²) in [7, 11) is 0. The molecule has 2 aromatic carbocycles. The van der Waals surface area contributed by atoms with E-state index in [0.29, 0.717) is 29.7 Å². The van der Waals surface area contributed by atoms with Crippen molar-refractivity contribution in [3.05, 3.63) is 64.5 Å².